The van der Waals surface area contributed by atoms with Gasteiger partial charge in [-0.05, 0) is 30.2 Å². The Morgan fingerprint density at radius 3 is 2.79 bits per heavy atom. The van der Waals surface area contributed by atoms with Gasteiger partial charge >= 0.3 is 0 Å². The fraction of sp³-hybridized carbons (Fsp3) is 0.136. The molecule has 0 saturated carbocycles. The molecular weight excluding hydrogens is 352 g/mol. The number of benzene rings is 2. The summed E-state index contributed by atoms with van der Waals surface area (Å²) in [5.41, 5.74) is 2.66. The predicted molar refractivity (Wildman–Crippen MR) is 108 cm³/mol. The molecule has 0 aliphatic carbocycles. The number of pyridine rings is 1. The van der Waals surface area contributed by atoms with Gasteiger partial charge in [0, 0.05) is 42.6 Å². The number of para-hydroxylation sites is 1. The van der Waals surface area contributed by atoms with Gasteiger partial charge in [0.1, 0.15) is 11.4 Å². The summed E-state index contributed by atoms with van der Waals surface area (Å²) in [6.45, 7) is 3.03. The van der Waals surface area contributed by atoms with Gasteiger partial charge in [-0.3, -0.25) is 9.59 Å². The number of fused-ring (bicyclic) bond motifs is 1. The number of imidazole rings is 1. The molecule has 0 aliphatic rings. The lowest BCUT2D eigenvalue weighted by atomic mass is 10.1. The maximum absolute atomic E-state index is 12.6. The summed E-state index contributed by atoms with van der Waals surface area (Å²) < 4.78 is 2.06. The molecule has 1 amide bonds. The number of carbonyl (C=O) groups excluding carboxylic acids is 1. The number of hydrogen-bond donors (Lipinski definition) is 2. The second kappa shape index (κ2) is 7.52. The van der Waals surface area contributed by atoms with Crippen molar-refractivity contribution >= 4 is 16.8 Å². The topological polar surface area (TPSA) is 79.8 Å². The average Bonchev–Trinajstić information content (AvgIpc) is 3.11. The molecule has 0 unspecified atom stereocenters. The first-order valence-corrected chi connectivity index (χ1v) is 9.06. The van der Waals surface area contributed by atoms with Crippen molar-refractivity contribution in [1.82, 2.24) is 19.9 Å². The number of rotatable bonds is 5. The van der Waals surface area contributed by atoms with E-state index in [0.29, 0.717) is 17.4 Å². The molecule has 6 nitrogen and oxygen atoms in total. The lowest BCUT2D eigenvalue weighted by molar-refractivity contribution is 0.0949. The first-order chi connectivity index (χ1) is 13.6. The van der Waals surface area contributed by atoms with Gasteiger partial charge in [0.2, 0.25) is 5.43 Å². The summed E-state index contributed by atoms with van der Waals surface area (Å²) >= 11 is 0. The molecule has 0 bridgehead atoms. The Morgan fingerprint density at radius 2 is 1.96 bits per heavy atom. The molecule has 2 aromatic carbocycles. The predicted octanol–water partition coefficient (Wildman–Crippen LogP) is 3.01. The molecule has 140 valence electrons. The molecule has 2 heterocycles. The first kappa shape index (κ1) is 17.7. The Hall–Kier alpha value is -3.67. The van der Waals surface area contributed by atoms with Crippen LogP contribution < -0.4 is 10.7 Å². The van der Waals surface area contributed by atoms with E-state index in [1.165, 1.54) is 6.20 Å². The maximum atomic E-state index is 12.6. The number of aromatic nitrogens is 3. The number of carbonyl (C=O) groups is 1. The van der Waals surface area contributed by atoms with E-state index < -0.39 is 0 Å². The van der Waals surface area contributed by atoms with Crippen LogP contribution in [0.15, 0.2) is 71.9 Å². The molecule has 0 spiro atoms. The molecule has 0 radical (unpaired) electrons. The van der Waals surface area contributed by atoms with Crippen LogP contribution in [0.3, 0.4) is 0 Å². The molecule has 2 aromatic heterocycles. The van der Waals surface area contributed by atoms with E-state index in [9.17, 15) is 9.59 Å². The minimum Gasteiger partial charge on any atom is -0.360 e. The van der Waals surface area contributed by atoms with Crippen LogP contribution in [0, 0.1) is 6.92 Å². The highest BCUT2D eigenvalue weighted by Crippen LogP contribution is 2.10. The van der Waals surface area contributed by atoms with Crippen molar-refractivity contribution in [2.75, 3.05) is 0 Å². The summed E-state index contributed by atoms with van der Waals surface area (Å²) in [6.07, 6.45) is 5.19. The van der Waals surface area contributed by atoms with Crippen molar-refractivity contribution in [3.05, 3.63) is 99.9 Å². The van der Waals surface area contributed by atoms with Crippen LogP contribution >= 0.6 is 0 Å². The number of nitrogens with one attached hydrogen (secondary N) is 2. The number of aryl methyl sites for hydroxylation is 1. The minimum absolute atomic E-state index is 0.115. The van der Waals surface area contributed by atoms with Crippen molar-refractivity contribution in [3.63, 3.8) is 0 Å². The Bertz CT molecular complexity index is 1210. The molecular formula is C22H20N4O2. The van der Waals surface area contributed by atoms with Crippen LogP contribution in [0.2, 0.25) is 0 Å². The van der Waals surface area contributed by atoms with Crippen molar-refractivity contribution in [1.29, 1.82) is 0 Å². The van der Waals surface area contributed by atoms with Gasteiger partial charge in [-0.15, -0.1) is 0 Å². The normalized spacial score (nSPS) is 10.9. The van der Waals surface area contributed by atoms with E-state index >= 15 is 0 Å². The Labute approximate surface area is 161 Å². The molecule has 6 heteroatoms. The highest BCUT2D eigenvalue weighted by molar-refractivity contribution is 5.97. The Balaban J connectivity index is 1.48. The fourth-order valence-corrected chi connectivity index (χ4v) is 3.22. The second-order valence-electron chi connectivity index (χ2n) is 6.68. The van der Waals surface area contributed by atoms with Gasteiger partial charge in [-0.25, -0.2) is 4.98 Å². The van der Waals surface area contributed by atoms with Gasteiger partial charge in [0.25, 0.3) is 5.91 Å². The maximum Gasteiger partial charge on any atom is 0.257 e. The number of nitrogens with zero attached hydrogens (tertiary/aromatic N) is 2. The van der Waals surface area contributed by atoms with Crippen LogP contribution in [0.25, 0.3) is 10.9 Å². The molecule has 2 N–H and O–H groups in total. The number of H-pyrrole nitrogens is 1. The summed E-state index contributed by atoms with van der Waals surface area (Å²) in [4.78, 5) is 32.3. The zero-order valence-corrected chi connectivity index (χ0v) is 15.5. The minimum atomic E-state index is -0.386. The van der Waals surface area contributed by atoms with Crippen LogP contribution in [-0.4, -0.2) is 20.4 Å². The molecule has 0 aliphatic heterocycles. The highest BCUT2D eigenvalue weighted by Gasteiger charge is 2.12. The van der Waals surface area contributed by atoms with Crippen molar-refractivity contribution < 1.29 is 4.79 Å². The third-order valence-corrected chi connectivity index (χ3v) is 4.75. The lowest BCUT2D eigenvalue weighted by Crippen LogP contribution is -2.28. The standard InChI is InChI=1S/C22H20N4O2/c1-15-23-9-10-26(15)14-17-6-4-5-16(11-17)12-25-22(28)19-13-24-20-8-3-2-7-18(20)21(19)27/h2-11,13H,12,14H2,1H3,(H,24,27)(H,25,28). The van der Waals surface area contributed by atoms with E-state index in [2.05, 4.69) is 19.9 Å². The first-order valence-electron chi connectivity index (χ1n) is 9.06. The third kappa shape index (κ3) is 3.57. The zero-order chi connectivity index (χ0) is 19.5. The smallest absolute Gasteiger partial charge is 0.257 e. The van der Waals surface area contributed by atoms with Crippen LogP contribution in [-0.2, 0) is 13.1 Å². The van der Waals surface area contributed by atoms with Gasteiger partial charge in [0.05, 0.1) is 0 Å². The zero-order valence-electron chi connectivity index (χ0n) is 15.5. The van der Waals surface area contributed by atoms with Gasteiger partial charge in [-0.2, -0.15) is 0 Å². The largest absolute Gasteiger partial charge is 0.360 e. The molecule has 4 rings (SSSR count). The summed E-state index contributed by atoms with van der Waals surface area (Å²) in [5, 5.41) is 3.35. The van der Waals surface area contributed by atoms with Gasteiger partial charge < -0.3 is 14.9 Å². The number of hydrogen-bond acceptors (Lipinski definition) is 3. The quantitative estimate of drug-likeness (QED) is 0.565. The summed E-state index contributed by atoms with van der Waals surface area (Å²) in [6, 6.07) is 15.2. The second-order valence-corrected chi connectivity index (χ2v) is 6.68. The number of amides is 1. The van der Waals surface area contributed by atoms with Crippen molar-refractivity contribution in [3.8, 4) is 0 Å². The Kier molecular flexibility index (Phi) is 4.76. The van der Waals surface area contributed by atoms with Gasteiger partial charge in [-0.1, -0.05) is 36.4 Å². The molecule has 0 fully saturated rings. The van der Waals surface area contributed by atoms with E-state index in [-0.39, 0.29) is 16.9 Å². The molecule has 4 aromatic rings. The summed E-state index contributed by atoms with van der Waals surface area (Å²) in [5.74, 6) is 0.567. The van der Waals surface area contributed by atoms with Crippen LogP contribution in [0.4, 0.5) is 0 Å². The Morgan fingerprint density at radius 1 is 1.14 bits per heavy atom. The monoisotopic (exact) mass is 372 g/mol. The van der Waals surface area contributed by atoms with Crippen molar-refractivity contribution in [2.24, 2.45) is 0 Å². The molecule has 0 saturated heterocycles. The number of aromatic amines is 1. The SMILES string of the molecule is Cc1nccn1Cc1cccc(CNC(=O)c2c[nH]c3ccccc3c2=O)c1. The molecule has 0 atom stereocenters. The lowest BCUT2D eigenvalue weighted by Gasteiger charge is -2.09. The fourth-order valence-electron chi connectivity index (χ4n) is 3.22. The van der Waals surface area contributed by atoms with Crippen molar-refractivity contribution in [2.45, 2.75) is 20.0 Å². The van der Waals surface area contributed by atoms with Gasteiger partial charge in [0.15, 0.2) is 0 Å². The third-order valence-electron chi connectivity index (χ3n) is 4.75. The summed E-state index contributed by atoms with van der Waals surface area (Å²) in [7, 11) is 0. The highest BCUT2D eigenvalue weighted by atomic mass is 16.2. The average molecular weight is 372 g/mol. The van der Waals surface area contributed by atoms with E-state index in [1.807, 2.05) is 49.5 Å². The van der Waals surface area contributed by atoms with E-state index in [0.717, 1.165) is 23.5 Å². The van der Waals surface area contributed by atoms with E-state index in [1.54, 1.807) is 18.3 Å². The van der Waals surface area contributed by atoms with Crippen LogP contribution in [0.5, 0.6) is 0 Å². The molecule has 28 heavy (non-hydrogen) atoms. The van der Waals surface area contributed by atoms with Crippen LogP contribution in [0.1, 0.15) is 27.3 Å². The van der Waals surface area contributed by atoms with E-state index in [4.69, 9.17) is 0 Å².